The molecule has 0 radical (unpaired) electrons. The first-order valence-electron chi connectivity index (χ1n) is 7.29. The van der Waals surface area contributed by atoms with Crippen LogP contribution in [0.4, 0.5) is 0 Å². The summed E-state index contributed by atoms with van der Waals surface area (Å²) in [5.41, 5.74) is 2.18. The molecule has 5 nitrogen and oxygen atoms in total. The van der Waals surface area contributed by atoms with Crippen molar-refractivity contribution in [1.82, 2.24) is 4.98 Å². The summed E-state index contributed by atoms with van der Waals surface area (Å²) >= 11 is 0. The van der Waals surface area contributed by atoms with Gasteiger partial charge in [-0.2, -0.15) is 0 Å². The molecule has 2 aromatic rings. The molecule has 1 aromatic heterocycles. The maximum atomic E-state index is 11.0. The van der Waals surface area contributed by atoms with Gasteiger partial charge in [-0.15, -0.1) is 0 Å². The number of hydrogen-bond donors (Lipinski definition) is 2. The molecule has 0 atom stereocenters. The highest BCUT2D eigenvalue weighted by Crippen LogP contribution is 2.20. The van der Waals surface area contributed by atoms with Crippen molar-refractivity contribution >= 4 is 12.0 Å². The first-order chi connectivity index (χ1) is 11.1. The van der Waals surface area contributed by atoms with E-state index in [1.807, 2.05) is 30.3 Å². The van der Waals surface area contributed by atoms with E-state index in [9.17, 15) is 9.90 Å². The number of benzene rings is 1. The summed E-state index contributed by atoms with van der Waals surface area (Å²) in [4.78, 5) is 15.2. The second-order valence-electron chi connectivity index (χ2n) is 5.06. The Bertz CT molecular complexity index is 695. The van der Waals surface area contributed by atoms with Crippen LogP contribution in [0, 0.1) is 0 Å². The van der Waals surface area contributed by atoms with E-state index in [-0.39, 0.29) is 12.2 Å². The van der Waals surface area contributed by atoms with Gasteiger partial charge in [0.1, 0.15) is 11.4 Å². The number of rotatable bonds is 7. The Labute approximate surface area is 134 Å². The van der Waals surface area contributed by atoms with Gasteiger partial charge in [-0.1, -0.05) is 30.3 Å². The van der Waals surface area contributed by atoms with Crippen LogP contribution in [0.15, 0.2) is 48.0 Å². The molecule has 2 N–H and O–H groups in total. The van der Waals surface area contributed by atoms with E-state index in [2.05, 4.69) is 4.98 Å². The van der Waals surface area contributed by atoms with E-state index in [0.717, 1.165) is 12.0 Å². The standard InChI is InChI=1S/C18H19NO4/c1-13(18(21)22)11-16-17(8-7-15(12-20)19-16)23-10-9-14-5-3-2-4-6-14/h2-8,11,20H,9-10,12H2,1H3,(H,21,22). The van der Waals surface area contributed by atoms with Crippen molar-refractivity contribution in [2.45, 2.75) is 20.0 Å². The monoisotopic (exact) mass is 313 g/mol. The van der Waals surface area contributed by atoms with Gasteiger partial charge in [-0.3, -0.25) is 0 Å². The molecular formula is C18H19NO4. The largest absolute Gasteiger partial charge is 0.491 e. The third-order valence-electron chi connectivity index (χ3n) is 3.29. The molecular weight excluding hydrogens is 294 g/mol. The predicted octanol–water partition coefficient (Wildman–Crippen LogP) is 2.68. The minimum Gasteiger partial charge on any atom is -0.491 e. The number of carbonyl (C=O) groups is 1. The molecule has 0 amide bonds. The van der Waals surface area contributed by atoms with Crippen molar-refractivity contribution in [1.29, 1.82) is 0 Å². The van der Waals surface area contributed by atoms with Crippen LogP contribution in [0.1, 0.15) is 23.9 Å². The van der Waals surface area contributed by atoms with Crippen LogP contribution in [0.2, 0.25) is 0 Å². The maximum Gasteiger partial charge on any atom is 0.331 e. The Hall–Kier alpha value is -2.66. The van der Waals surface area contributed by atoms with Crippen LogP contribution in [0.5, 0.6) is 5.75 Å². The summed E-state index contributed by atoms with van der Waals surface area (Å²) in [5.74, 6) is -0.518. The molecule has 0 spiro atoms. The molecule has 23 heavy (non-hydrogen) atoms. The van der Waals surface area contributed by atoms with Gasteiger partial charge in [-0.05, 0) is 30.7 Å². The van der Waals surface area contributed by atoms with Gasteiger partial charge in [0.05, 0.1) is 18.9 Å². The number of nitrogens with zero attached hydrogens (tertiary/aromatic N) is 1. The Morgan fingerprint density at radius 3 is 2.61 bits per heavy atom. The fourth-order valence-electron chi connectivity index (χ4n) is 2.01. The SMILES string of the molecule is CC(=Cc1nc(CO)ccc1OCCc1ccccc1)C(=O)O. The van der Waals surface area contributed by atoms with Crippen molar-refractivity contribution < 1.29 is 19.7 Å². The highest BCUT2D eigenvalue weighted by molar-refractivity contribution is 5.91. The summed E-state index contributed by atoms with van der Waals surface area (Å²) in [7, 11) is 0. The van der Waals surface area contributed by atoms with E-state index in [1.54, 1.807) is 12.1 Å². The first-order valence-corrected chi connectivity index (χ1v) is 7.29. The van der Waals surface area contributed by atoms with Gasteiger partial charge in [0.15, 0.2) is 0 Å². The minimum atomic E-state index is -1.02. The van der Waals surface area contributed by atoms with Gasteiger partial charge in [-0.25, -0.2) is 9.78 Å². The van der Waals surface area contributed by atoms with Crippen LogP contribution in [-0.2, 0) is 17.8 Å². The molecule has 1 heterocycles. The number of carboxylic acids is 1. The smallest absolute Gasteiger partial charge is 0.331 e. The number of hydrogen-bond acceptors (Lipinski definition) is 4. The van der Waals surface area contributed by atoms with Crippen LogP contribution in [0.25, 0.3) is 6.08 Å². The Morgan fingerprint density at radius 1 is 1.22 bits per heavy atom. The number of aliphatic carboxylic acids is 1. The van der Waals surface area contributed by atoms with E-state index in [4.69, 9.17) is 9.84 Å². The highest BCUT2D eigenvalue weighted by atomic mass is 16.5. The molecule has 5 heteroatoms. The molecule has 0 saturated heterocycles. The van der Waals surface area contributed by atoms with Gasteiger partial charge in [0.25, 0.3) is 0 Å². The molecule has 0 aliphatic carbocycles. The lowest BCUT2D eigenvalue weighted by Gasteiger charge is -2.10. The zero-order valence-corrected chi connectivity index (χ0v) is 12.9. The number of aromatic nitrogens is 1. The fourth-order valence-corrected chi connectivity index (χ4v) is 2.01. The van der Waals surface area contributed by atoms with Gasteiger partial charge < -0.3 is 14.9 Å². The zero-order valence-electron chi connectivity index (χ0n) is 12.9. The van der Waals surface area contributed by atoms with E-state index >= 15 is 0 Å². The molecule has 0 bridgehead atoms. The van der Waals surface area contributed by atoms with Crippen molar-refractivity contribution in [3.8, 4) is 5.75 Å². The first kappa shape index (κ1) is 16.7. The highest BCUT2D eigenvalue weighted by Gasteiger charge is 2.08. The summed E-state index contributed by atoms with van der Waals surface area (Å²) in [6.07, 6.45) is 2.18. The average molecular weight is 313 g/mol. The van der Waals surface area contributed by atoms with Gasteiger partial charge in [0.2, 0.25) is 0 Å². The van der Waals surface area contributed by atoms with Crippen LogP contribution in [-0.4, -0.2) is 27.8 Å². The number of pyridine rings is 1. The predicted molar refractivity (Wildman–Crippen MR) is 87.1 cm³/mol. The third kappa shape index (κ3) is 4.93. The van der Waals surface area contributed by atoms with Gasteiger partial charge in [0, 0.05) is 12.0 Å². The number of aliphatic hydroxyl groups excluding tert-OH is 1. The number of carboxylic acid groups (broad SMARTS) is 1. The lowest BCUT2D eigenvalue weighted by Crippen LogP contribution is -2.05. The molecule has 0 saturated carbocycles. The minimum absolute atomic E-state index is 0.153. The van der Waals surface area contributed by atoms with Crippen molar-refractivity contribution in [3.63, 3.8) is 0 Å². The topological polar surface area (TPSA) is 79.7 Å². The maximum absolute atomic E-state index is 11.0. The average Bonchev–Trinajstić information content (AvgIpc) is 2.57. The molecule has 0 aliphatic heterocycles. The van der Waals surface area contributed by atoms with Crippen molar-refractivity contribution in [3.05, 3.63) is 65.0 Å². The fraction of sp³-hybridized carbons (Fsp3) is 0.222. The van der Waals surface area contributed by atoms with Crippen LogP contribution >= 0.6 is 0 Å². The molecule has 0 fully saturated rings. The van der Waals surface area contributed by atoms with Crippen LogP contribution < -0.4 is 4.74 Å². The Balaban J connectivity index is 2.13. The van der Waals surface area contributed by atoms with E-state index in [1.165, 1.54) is 13.0 Å². The number of ether oxygens (including phenoxy) is 1. The summed E-state index contributed by atoms with van der Waals surface area (Å²) in [6.45, 7) is 1.73. The molecule has 0 aliphatic rings. The second-order valence-corrected chi connectivity index (χ2v) is 5.06. The second kappa shape index (κ2) is 8.10. The van der Waals surface area contributed by atoms with Crippen molar-refractivity contribution in [2.75, 3.05) is 6.61 Å². The summed E-state index contributed by atoms with van der Waals surface area (Å²) in [5, 5.41) is 18.2. The van der Waals surface area contributed by atoms with E-state index in [0.29, 0.717) is 23.7 Å². The number of aliphatic hydroxyl groups is 1. The third-order valence-corrected chi connectivity index (χ3v) is 3.29. The molecule has 1 aromatic carbocycles. The van der Waals surface area contributed by atoms with Crippen LogP contribution in [0.3, 0.4) is 0 Å². The Kier molecular flexibility index (Phi) is 5.88. The van der Waals surface area contributed by atoms with Gasteiger partial charge >= 0.3 is 5.97 Å². The lowest BCUT2D eigenvalue weighted by atomic mass is 10.2. The molecule has 120 valence electrons. The quantitative estimate of drug-likeness (QED) is 0.768. The summed E-state index contributed by atoms with van der Waals surface area (Å²) < 4.78 is 5.74. The molecule has 0 unspecified atom stereocenters. The zero-order chi connectivity index (χ0) is 16.7. The Morgan fingerprint density at radius 2 is 1.96 bits per heavy atom. The normalized spacial score (nSPS) is 11.3. The van der Waals surface area contributed by atoms with E-state index < -0.39 is 5.97 Å². The lowest BCUT2D eigenvalue weighted by molar-refractivity contribution is -0.132. The van der Waals surface area contributed by atoms with Crippen molar-refractivity contribution in [2.24, 2.45) is 0 Å². The summed E-state index contributed by atoms with van der Waals surface area (Å²) in [6, 6.07) is 13.3. The molecule has 2 rings (SSSR count).